The van der Waals surface area contributed by atoms with Gasteiger partial charge in [0.15, 0.2) is 0 Å². The number of nitrogens with one attached hydrogen (secondary N) is 1. The van der Waals surface area contributed by atoms with E-state index in [4.69, 9.17) is 11.6 Å². The Morgan fingerprint density at radius 3 is 2.87 bits per heavy atom. The summed E-state index contributed by atoms with van der Waals surface area (Å²) in [6, 6.07) is 7.79. The van der Waals surface area contributed by atoms with Crippen molar-refractivity contribution in [3.63, 3.8) is 0 Å². The summed E-state index contributed by atoms with van der Waals surface area (Å²) in [6.07, 6.45) is 0.354. The number of anilines is 1. The fourth-order valence-corrected chi connectivity index (χ4v) is 2.08. The lowest BCUT2D eigenvalue weighted by Gasteiger charge is -2.08. The van der Waals surface area contributed by atoms with Gasteiger partial charge in [-0.1, -0.05) is 19.1 Å². The second kappa shape index (κ2) is 6.75. The predicted molar refractivity (Wildman–Crippen MR) is 66.8 cm³/mol. The Kier molecular flexibility index (Phi) is 5.58. The first-order valence-corrected chi connectivity index (χ1v) is 6.37. The van der Waals surface area contributed by atoms with Crippen LogP contribution >= 0.6 is 23.4 Å². The molecule has 0 spiro atoms. The summed E-state index contributed by atoms with van der Waals surface area (Å²) in [5, 5.41) is 2.85. The van der Waals surface area contributed by atoms with Crippen LogP contribution in [0.15, 0.2) is 29.2 Å². The molecule has 1 rings (SSSR count). The zero-order chi connectivity index (χ0) is 11.1. The Morgan fingerprint density at radius 2 is 2.20 bits per heavy atom. The van der Waals surface area contributed by atoms with E-state index in [-0.39, 0.29) is 5.91 Å². The Bertz CT molecular complexity index is 330. The first kappa shape index (κ1) is 12.4. The van der Waals surface area contributed by atoms with Crippen LogP contribution in [0.3, 0.4) is 0 Å². The fourth-order valence-electron chi connectivity index (χ4n) is 1.15. The molecule has 0 aliphatic rings. The highest BCUT2D eigenvalue weighted by Gasteiger charge is 2.05. The van der Waals surface area contributed by atoms with E-state index in [2.05, 4.69) is 12.2 Å². The lowest BCUT2D eigenvalue weighted by Crippen LogP contribution is -2.12. The van der Waals surface area contributed by atoms with Crippen molar-refractivity contribution >= 4 is 35.0 Å². The molecule has 0 saturated carbocycles. The summed E-state index contributed by atoms with van der Waals surface area (Å²) in [6.45, 7) is 2.09. The molecule has 1 amide bonds. The Balaban J connectivity index is 2.70. The number of para-hydroxylation sites is 1. The molecular formula is C11H14ClNOS. The standard InChI is InChI=1S/C11H14ClNOS/c1-2-15-10-6-4-3-5-9(10)13-11(14)7-8-12/h3-6H,2,7-8H2,1H3,(H,13,14). The van der Waals surface area contributed by atoms with Crippen molar-refractivity contribution in [2.24, 2.45) is 0 Å². The molecule has 0 unspecified atom stereocenters. The van der Waals surface area contributed by atoms with Gasteiger partial charge in [0.05, 0.1) is 5.69 Å². The maximum Gasteiger partial charge on any atom is 0.225 e. The topological polar surface area (TPSA) is 29.1 Å². The van der Waals surface area contributed by atoms with Crippen molar-refractivity contribution in [2.45, 2.75) is 18.2 Å². The van der Waals surface area contributed by atoms with E-state index in [0.29, 0.717) is 12.3 Å². The molecule has 1 N–H and O–H groups in total. The third kappa shape index (κ3) is 4.14. The Hall–Kier alpha value is -0.670. The molecule has 0 atom stereocenters. The molecule has 82 valence electrons. The van der Waals surface area contributed by atoms with Gasteiger partial charge in [0.25, 0.3) is 0 Å². The van der Waals surface area contributed by atoms with E-state index >= 15 is 0 Å². The van der Waals surface area contributed by atoms with Crippen LogP contribution in [0, 0.1) is 0 Å². The van der Waals surface area contributed by atoms with E-state index in [1.807, 2.05) is 24.3 Å². The second-order valence-corrected chi connectivity index (χ2v) is 4.60. The molecule has 1 aromatic carbocycles. The molecule has 0 heterocycles. The number of carbonyl (C=O) groups is 1. The smallest absolute Gasteiger partial charge is 0.225 e. The molecule has 0 radical (unpaired) electrons. The van der Waals surface area contributed by atoms with E-state index in [1.54, 1.807) is 11.8 Å². The van der Waals surface area contributed by atoms with E-state index < -0.39 is 0 Å². The normalized spacial score (nSPS) is 10.0. The minimum Gasteiger partial charge on any atom is -0.325 e. The largest absolute Gasteiger partial charge is 0.325 e. The number of carbonyl (C=O) groups excluding carboxylic acids is 1. The van der Waals surface area contributed by atoms with Crippen molar-refractivity contribution < 1.29 is 4.79 Å². The van der Waals surface area contributed by atoms with Gasteiger partial charge in [0.2, 0.25) is 5.91 Å². The lowest BCUT2D eigenvalue weighted by atomic mass is 10.3. The quantitative estimate of drug-likeness (QED) is 0.635. The molecule has 1 aromatic rings. The van der Waals surface area contributed by atoms with Gasteiger partial charge in [0, 0.05) is 17.2 Å². The maximum atomic E-state index is 11.4. The van der Waals surface area contributed by atoms with Crippen LogP contribution in [0.25, 0.3) is 0 Å². The average molecular weight is 244 g/mol. The molecule has 0 aliphatic heterocycles. The van der Waals surface area contributed by atoms with E-state index in [9.17, 15) is 4.79 Å². The number of rotatable bonds is 5. The summed E-state index contributed by atoms with van der Waals surface area (Å²) in [5.74, 6) is 1.31. The first-order valence-electron chi connectivity index (χ1n) is 4.85. The van der Waals surface area contributed by atoms with Crippen LogP contribution in [0.5, 0.6) is 0 Å². The second-order valence-electron chi connectivity index (χ2n) is 2.92. The van der Waals surface area contributed by atoms with Gasteiger partial charge in [-0.05, 0) is 17.9 Å². The highest BCUT2D eigenvalue weighted by atomic mass is 35.5. The zero-order valence-electron chi connectivity index (χ0n) is 8.63. The lowest BCUT2D eigenvalue weighted by molar-refractivity contribution is -0.115. The van der Waals surface area contributed by atoms with E-state index in [0.717, 1.165) is 16.3 Å². The Labute approximate surface area is 99.4 Å². The first-order chi connectivity index (χ1) is 7.27. The van der Waals surface area contributed by atoms with Gasteiger partial charge in [-0.3, -0.25) is 4.79 Å². The van der Waals surface area contributed by atoms with Crippen LogP contribution in [-0.4, -0.2) is 17.5 Å². The van der Waals surface area contributed by atoms with Crippen molar-refractivity contribution in [3.8, 4) is 0 Å². The van der Waals surface area contributed by atoms with Crippen LogP contribution in [-0.2, 0) is 4.79 Å². The van der Waals surface area contributed by atoms with Gasteiger partial charge in [-0.2, -0.15) is 0 Å². The van der Waals surface area contributed by atoms with E-state index in [1.165, 1.54) is 0 Å². The highest BCUT2D eigenvalue weighted by Crippen LogP contribution is 2.26. The molecule has 0 saturated heterocycles. The number of amides is 1. The number of hydrogen-bond acceptors (Lipinski definition) is 2. The molecule has 0 aliphatic carbocycles. The third-order valence-electron chi connectivity index (χ3n) is 1.78. The van der Waals surface area contributed by atoms with Crippen LogP contribution < -0.4 is 5.32 Å². The van der Waals surface area contributed by atoms with Crippen molar-refractivity contribution in [1.82, 2.24) is 0 Å². The molecule has 0 aromatic heterocycles. The van der Waals surface area contributed by atoms with Gasteiger partial charge in [0.1, 0.15) is 0 Å². The molecule has 15 heavy (non-hydrogen) atoms. The summed E-state index contributed by atoms with van der Waals surface area (Å²) in [5.41, 5.74) is 0.875. The van der Waals surface area contributed by atoms with Gasteiger partial charge >= 0.3 is 0 Å². The van der Waals surface area contributed by atoms with Crippen LogP contribution in [0.1, 0.15) is 13.3 Å². The maximum absolute atomic E-state index is 11.4. The number of halogens is 1. The summed E-state index contributed by atoms with van der Waals surface area (Å²) in [7, 11) is 0. The minimum absolute atomic E-state index is 0.0332. The van der Waals surface area contributed by atoms with Crippen LogP contribution in [0.4, 0.5) is 5.69 Å². The number of alkyl halides is 1. The minimum atomic E-state index is -0.0332. The average Bonchev–Trinajstić information content (AvgIpc) is 2.21. The number of hydrogen-bond donors (Lipinski definition) is 1. The SMILES string of the molecule is CCSc1ccccc1NC(=O)CCCl. The van der Waals surface area contributed by atoms with Gasteiger partial charge in [-0.15, -0.1) is 23.4 Å². The molecular weight excluding hydrogens is 230 g/mol. The molecule has 0 bridgehead atoms. The Morgan fingerprint density at radius 1 is 1.47 bits per heavy atom. The number of thioether (sulfide) groups is 1. The van der Waals surface area contributed by atoms with Crippen molar-refractivity contribution in [2.75, 3.05) is 16.9 Å². The molecule has 2 nitrogen and oxygen atoms in total. The summed E-state index contributed by atoms with van der Waals surface area (Å²) >= 11 is 7.21. The zero-order valence-corrected chi connectivity index (χ0v) is 10.2. The van der Waals surface area contributed by atoms with Crippen molar-refractivity contribution in [1.29, 1.82) is 0 Å². The summed E-state index contributed by atoms with van der Waals surface area (Å²) in [4.78, 5) is 12.5. The van der Waals surface area contributed by atoms with Gasteiger partial charge < -0.3 is 5.32 Å². The number of benzene rings is 1. The molecule has 0 fully saturated rings. The predicted octanol–water partition coefficient (Wildman–Crippen LogP) is 3.37. The monoisotopic (exact) mass is 243 g/mol. The molecule has 4 heteroatoms. The highest BCUT2D eigenvalue weighted by molar-refractivity contribution is 7.99. The third-order valence-corrected chi connectivity index (χ3v) is 2.93. The van der Waals surface area contributed by atoms with Crippen LogP contribution in [0.2, 0.25) is 0 Å². The van der Waals surface area contributed by atoms with Gasteiger partial charge in [-0.25, -0.2) is 0 Å². The fraction of sp³-hybridized carbons (Fsp3) is 0.364. The summed E-state index contributed by atoms with van der Waals surface area (Å²) < 4.78 is 0. The van der Waals surface area contributed by atoms with Crippen molar-refractivity contribution in [3.05, 3.63) is 24.3 Å².